The van der Waals surface area contributed by atoms with Gasteiger partial charge in [0.25, 0.3) is 5.56 Å². The molecule has 9 nitrogen and oxygen atoms in total. The molecule has 0 bridgehead atoms. The van der Waals surface area contributed by atoms with Crippen molar-refractivity contribution in [2.24, 2.45) is 0 Å². The van der Waals surface area contributed by atoms with Gasteiger partial charge in [0, 0.05) is 30.6 Å². The lowest BCUT2D eigenvalue weighted by Gasteiger charge is -2.15. The Morgan fingerprint density at radius 3 is 2.67 bits per heavy atom. The number of anilines is 1. The van der Waals surface area contributed by atoms with Gasteiger partial charge < -0.3 is 19.4 Å². The minimum atomic E-state index is -0.226. The van der Waals surface area contributed by atoms with E-state index in [1.165, 1.54) is 0 Å². The molecule has 1 N–H and O–H groups in total. The minimum Gasteiger partial charge on any atom is -0.481 e. The van der Waals surface area contributed by atoms with Gasteiger partial charge in [-0.2, -0.15) is 0 Å². The fourth-order valence-corrected chi connectivity index (χ4v) is 3.35. The molecular formula is C24H26N6O3. The highest BCUT2D eigenvalue weighted by atomic mass is 16.5. The minimum absolute atomic E-state index is 0.0677. The number of ether oxygens (including phenoxy) is 2. The van der Waals surface area contributed by atoms with Crippen molar-refractivity contribution in [1.82, 2.24) is 24.5 Å². The van der Waals surface area contributed by atoms with Crippen molar-refractivity contribution in [3.05, 3.63) is 71.0 Å². The van der Waals surface area contributed by atoms with Gasteiger partial charge in [-0.1, -0.05) is 6.07 Å². The molecule has 4 aromatic rings. The second kappa shape index (κ2) is 10.2. The van der Waals surface area contributed by atoms with Gasteiger partial charge in [-0.05, 0) is 38.1 Å². The molecule has 0 amide bonds. The van der Waals surface area contributed by atoms with Crippen LogP contribution in [0, 0.1) is 0 Å². The van der Waals surface area contributed by atoms with Crippen LogP contribution < -0.4 is 15.6 Å². The van der Waals surface area contributed by atoms with Crippen molar-refractivity contribution in [2.45, 2.75) is 33.0 Å². The summed E-state index contributed by atoms with van der Waals surface area (Å²) in [6, 6.07) is 11.1. The summed E-state index contributed by atoms with van der Waals surface area (Å²) in [5.41, 5.74) is 3.37. The lowest BCUT2D eigenvalue weighted by molar-refractivity contribution is 0.0729. The Morgan fingerprint density at radius 1 is 1.09 bits per heavy atom. The lowest BCUT2D eigenvalue weighted by atomic mass is 10.2. The first kappa shape index (κ1) is 22.3. The highest BCUT2D eigenvalue weighted by molar-refractivity contribution is 5.80. The number of hydrogen-bond acceptors (Lipinski definition) is 8. The molecule has 0 aliphatic heterocycles. The van der Waals surface area contributed by atoms with Gasteiger partial charge in [0.2, 0.25) is 5.88 Å². The Balaban J connectivity index is 1.72. The first-order valence-corrected chi connectivity index (χ1v) is 10.7. The molecule has 0 radical (unpaired) electrons. The summed E-state index contributed by atoms with van der Waals surface area (Å²) in [4.78, 5) is 30.9. The average Bonchev–Trinajstić information content (AvgIpc) is 2.84. The summed E-state index contributed by atoms with van der Waals surface area (Å²) in [7, 11) is 1.57. The van der Waals surface area contributed by atoms with E-state index in [2.05, 4.69) is 25.3 Å². The Bertz CT molecular complexity index is 1270. The van der Waals surface area contributed by atoms with Crippen molar-refractivity contribution < 1.29 is 9.47 Å². The fourth-order valence-electron chi connectivity index (χ4n) is 3.35. The topological polar surface area (TPSA) is 104 Å². The molecule has 0 unspecified atom stereocenters. The third-order valence-electron chi connectivity index (χ3n) is 5.00. The van der Waals surface area contributed by atoms with Crippen LogP contribution in [-0.4, -0.2) is 44.3 Å². The van der Waals surface area contributed by atoms with E-state index < -0.39 is 0 Å². The van der Waals surface area contributed by atoms with Gasteiger partial charge in [0.15, 0.2) is 5.82 Å². The van der Waals surface area contributed by atoms with Crippen LogP contribution in [0.2, 0.25) is 0 Å². The molecule has 0 atom stereocenters. The van der Waals surface area contributed by atoms with Crippen LogP contribution in [0.3, 0.4) is 0 Å². The smallest absolute Gasteiger partial charge is 0.293 e. The Hall–Kier alpha value is -3.85. The Morgan fingerprint density at radius 2 is 1.97 bits per heavy atom. The van der Waals surface area contributed by atoms with Crippen molar-refractivity contribution in [1.29, 1.82) is 0 Å². The third kappa shape index (κ3) is 5.32. The van der Waals surface area contributed by atoms with Gasteiger partial charge >= 0.3 is 0 Å². The predicted octanol–water partition coefficient (Wildman–Crippen LogP) is 3.29. The van der Waals surface area contributed by atoms with E-state index in [9.17, 15) is 4.79 Å². The molecule has 9 heteroatoms. The highest BCUT2D eigenvalue weighted by Crippen LogP contribution is 2.22. The highest BCUT2D eigenvalue weighted by Gasteiger charge is 2.14. The zero-order chi connectivity index (χ0) is 23.2. The molecule has 4 aromatic heterocycles. The van der Waals surface area contributed by atoms with Crippen molar-refractivity contribution in [2.75, 3.05) is 19.0 Å². The maximum Gasteiger partial charge on any atom is 0.293 e. The van der Waals surface area contributed by atoms with Gasteiger partial charge in [-0.25, -0.2) is 9.97 Å². The zero-order valence-corrected chi connectivity index (χ0v) is 18.9. The van der Waals surface area contributed by atoms with Crippen molar-refractivity contribution in [3.8, 4) is 17.1 Å². The van der Waals surface area contributed by atoms with Gasteiger partial charge in [0.05, 0.1) is 49.5 Å². The van der Waals surface area contributed by atoms with E-state index in [0.717, 1.165) is 11.3 Å². The molecule has 170 valence electrons. The number of aromatic nitrogens is 5. The summed E-state index contributed by atoms with van der Waals surface area (Å²) < 4.78 is 12.5. The van der Waals surface area contributed by atoms with Gasteiger partial charge in [-0.15, -0.1) is 0 Å². The first-order chi connectivity index (χ1) is 16.0. The van der Waals surface area contributed by atoms with E-state index in [-0.39, 0.29) is 17.5 Å². The van der Waals surface area contributed by atoms with Crippen molar-refractivity contribution >= 4 is 16.9 Å². The average molecular weight is 447 g/mol. The summed E-state index contributed by atoms with van der Waals surface area (Å²) in [5, 5.41) is 3.12. The number of nitrogens with one attached hydrogen (secondary N) is 1. The van der Waals surface area contributed by atoms with Crippen LogP contribution in [-0.2, 0) is 17.8 Å². The van der Waals surface area contributed by atoms with E-state index in [4.69, 9.17) is 9.47 Å². The number of hydrogen-bond donors (Lipinski definition) is 1. The molecule has 0 fully saturated rings. The number of pyridine rings is 3. The Labute approximate surface area is 191 Å². The van der Waals surface area contributed by atoms with E-state index in [1.807, 2.05) is 44.2 Å². The van der Waals surface area contributed by atoms with Crippen LogP contribution in [0.4, 0.5) is 5.82 Å². The number of rotatable bonds is 9. The third-order valence-corrected chi connectivity index (χ3v) is 5.00. The van der Waals surface area contributed by atoms with E-state index in [1.54, 1.807) is 36.3 Å². The quantitative estimate of drug-likeness (QED) is 0.418. The molecule has 0 saturated carbocycles. The molecule has 0 aliphatic rings. The number of methoxy groups -OCH3 is 1. The molecule has 0 aliphatic carbocycles. The summed E-state index contributed by atoms with van der Waals surface area (Å²) >= 11 is 0. The maximum atomic E-state index is 13.3. The standard InChI is InChI=1S/C24H26N6O3/c1-16(2)33-11-10-30-21-12-19(17-7-8-22(32-3)27-13-17)26-15-20(21)29-23(24(30)31)28-14-18-6-4-5-9-25-18/h4-9,12-13,15-16H,10-11,14H2,1-3H3,(H,28,29). The summed E-state index contributed by atoms with van der Waals surface area (Å²) in [6.45, 7) is 5.11. The first-order valence-electron chi connectivity index (χ1n) is 10.7. The van der Waals surface area contributed by atoms with Gasteiger partial charge in [-0.3, -0.25) is 14.8 Å². The van der Waals surface area contributed by atoms with Crippen LogP contribution in [0.5, 0.6) is 5.88 Å². The maximum absolute atomic E-state index is 13.3. The second-order valence-corrected chi connectivity index (χ2v) is 7.66. The van der Waals surface area contributed by atoms with Crippen LogP contribution in [0.15, 0.2) is 59.8 Å². The van der Waals surface area contributed by atoms with E-state index >= 15 is 0 Å². The molecule has 0 saturated heterocycles. The molecular weight excluding hydrogens is 420 g/mol. The lowest BCUT2D eigenvalue weighted by Crippen LogP contribution is -2.27. The second-order valence-electron chi connectivity index (χ2n) is 7.66. The molecule has 33 heavy (non-hydrogen) atoms. The predicted molar refractivity (Wildman–Crippen MR) is 126 cm³/mol. The molecule has 4 heterocycles. The van der Waals surface area contributed by atoms with Crippen molar-refractivity contribution in [3.63, 3.8) is 0 Å². The van der Waals surface area contributed by atoms with Gasteiger partial charge in [0.1, 0.15) is 5.52 Å². The summed E-state index contributed by atoms with van der Waals surface area (Å²) in [6.07, 6.45) is 5.14. The van der Waals surface area contributed by atoms with E-state index in [0.29, 0.717) is 42.3 Å². The van der Waals surface area contributed by atoms with Crippen LogP contribution in [0.25, 0.3) is 22.3 Å². The largest absolute Gasteiger partial charge is 0.481 e. The number of fused-ring (bicyclic) bond motifs is 1. The number of nitrogens with zero attached hydrogens (tertiary/aromatic N) is 5. The van der Waals surface area contributed by atoms with Crippen LogP contribution in [0.1, 0.15) is 19.5 Å². The summed E-state index contributed by atoms with van der Waals surface area (Å²) in [5.74, 6) is 0.769. The van der Waals surface area contributed by atoms with Crippen LogP contribution >= 0.6 is 0 Å². The normalized spacial score (nSPS) is 11.2. The fraction of sp³-hybridized carbons (Fsp3) is 0.292. The molecule has 0 aromatic carbocycles. The Kier molecular flexibility index (Phi) is 6.89. The zero-order valence-electron chi connectivity index (χ0n) is 18.9. The SMILES string of the molecule is COc1ccc(-c2cc3c(cn2)nc(NCc2ccccn2)c(=O)n3CCOC(C)C)cn1. The monoisotopic (exact) mass is 446 g/mol. The molecule has 4 rings (SSSR count). The molecule has 0 spiro atoms.